The molecule has 0 saturated carbocycles. The number of carboxylic acid groups (broad SMARTS) is 1. The fourth-order valence-corrected chi connectivity index (χ4v) is 1.80. The molecule has 9 nitrogen and oxygen atoms in total. The lowest BCUT2D eigenvalue weighted by molar-refractivity contribution is -0.135. The van der Waals surface area contributed by atoms with Crippen molar-refractivity contribution >= 4 is 17.9 Å². The fraction of sp³-hybridized carbons (Fsp3) is 0.286. The topological polar surface area (TPSA) is 125 Å². The van der Waals surface area contributed by atoms with Crippen LogP contribution in [-0.2, 0) is 11.3 Å². The molecule has 0 unspecified atom stereocenters. The lowest BCUT2D eigenvalue weighted by Gasteiger charge is -2.10. The fourth-order valence-electron chi connectivity index (χ4n) is 1.80. The molecule has 0 aliphatic carbocycles. The number of aryl methyl sites for hydroxylation is 1. The molecular formula is C14H18N6O3. The molecule has 0 amide bonds. The first-order chi connectivity index (χ1) is 11.1. The van der Waals surface area contributed by atoms with Crippen LogP contribution < -0.4 is 15.4 Å². The molecule has 1 aromatic heterocycles. The number of ether oxygens (including phenoxy) is 1. The normalized spacial score (nSPS) is 11.1. The number of rotatable bonds is 6. The van der Waals surface area contributed by atoms with Crippen molar-refractivity contribution in [3.05, 3.63) is 35.7 Å². The molecule has 0 aliphatic heterocycles. The monoisotopic (exact) mass is 318 g/mol. The third-order valence-corrected chi connectivity index (χ3v) is 2.83. The summed E-state index contributed by atoms with van der Waals surface area (Å²) in [6.45, 7) is 1.79. The Balaban J connectivity index is 2.12. The summed E-state index contributed by atoms with van der Waals surface area (Å²) in [4.78, 5) is 19.2. The van der Waals surface area contributed by atoms with Crippen molar-refractivity contribution in [1.29, 1.82) is 0 Å². The van der Waals surface area contributed by atoms with Crippen LogP contribution in [0.25, 0.3) is 0 Å². The maximum absolute atomic E-state index is 10.7. The smallest absolute Gasteiger partial charge is 0.322 e. The average molecular weight is 318 g/mol. The van der Waals surface area contributed by atoms with Gasteiger partial charge in [-0.3, -0.25) is 15.2 Å². The largest absolute Gasteiger partial charge is 0.496 e. The van der Waals surface area contributed by atoms with E-state index in [4.69, 9.17) is 9.84 Å². The zero-order valence-corrected chi connectivity index (χ0v) is 12.8. The Morgan fingerprint density at radius 1 is 1.43 bits per heavy atom. The lowest BCUT2D eigenvalue weighted by atomic mass is 10.2. The van der Waals surface area contributed by atoms with Gasteiger partial charge in [-0.2, -0.15) is 4.98 Å². The molecule has 2 aromatic rings. The number of methoxy groups -OCH3 is 1. The SMILES string of the molecule is COc1ccccc1CN=C(NCC(=O)O)Nc1n[nH]c(C)n1. The van der Waals surface area contributed by atoms with Gasteiger partial charge in [-0.1, -0.05) is 18.2 Å². The number of H-pyrrole nitrogens is 1. The summed E-state index contributed by atoms with van der Waals surface area (Å²) in [7, 11) is 1.58. The molecule has 122 valence electrons. The van der Waals surface area contributed by atoms with Crippen LogP contribution in [0.15, 0.2) is 29.3 Å². The Labute approximate surface area is 132 Å². The maximum atomic E-state index is 10.7. The number of hydrogen-bond acceptors (Lipinski definition) is 5. The highest BCUT2D eigenvalue weighted by Crippen LogP contribution is 2.17. The summed E-state index contributed by atoms with van der Waals surface area (Å²) in [6, 6.07) is 7.46. The van der Waals surface area contributed by atoms with Crippen LogP contribution in [-0.4, -0.2) is 45.9 Å². The molecule has 0 saturated heterocycles. The predicted molar refractivity (Wildman–Crippen MR) is 84.5 cm³/mol. The number of nitrogens with one attached hydrogen (secondary N) is 3. The highest BCUT2D eigenvalue weighted by molar-refractivity contribution is 5.93. The van der Waals surface area contributed by atoms with Crippen molar-refractivity contribution in [2.45, 2.75) is 13.5 Å². The van der Waals surface area contributed by atoms with E-state index >= 15 is 0 Å². The molecule has 9 heteroatoms. The van der Waals surface area contributed by atoms with E-state index in [0.717, 1.165) is 5.56 Å². The Hall–Kier alpha value is -3.10. The van der Waals surface area contributed by atoms with E-state index in [9.17, 15) is 4.79 Å². The third kappa shape index (κ3) is 4.99. The molecule has 1 aromatic carbocycles. The van der Waals surface area contributed by atoms with Crippen LogP contribution in [0.3, 0.4) is 0 Å². The van der Waals surface area contributed by atoms with E-state index in [1.165, 1.54) is 0 Å². The van der Waals surface area contributed by atoms with Gasteiger partial charge >= 0.3 is 5.97 Å². The molecule has 23 heavy (non-hydrogen) atoms. The number of aliphatic carboxylic acids is 1. The van der Waals surface area contributed by atoms with Crippen molar-refractivity contribution in [3.8, 4) is 5.75 Å². The average Bonchev–Trinajstić information content (AvgIpc) is 2.95. The van der Waals surface area contributed by atoms with Gasteiger partial charge in [-0.05, 0) is 13.0 Å². The molecule has 0 aliphatic rings. The first-order valence-electron chi connectivity index (χ1n) is 6.86. The van der Waals surface area contributed by atoms with Gasteiger partial charge in [-0.25, -0.2) is 4.99 Å². The van der Waals surface area contributed by atoms with E-state index in [1.54, 1.807) is 14.0 Å². The zero-order valence-electron chi connectivity index (χ0n) is 12.8. The van der Waals surface area contributed by atoms with Crippen LogP contribution in [0.4, 0.5) is 5.95 Å². The van der Waals surface area contributed by atoms with Gasteiger partial charge in [0.05, 0.1) is 13.7 Å². The van der Waals surface area contributed by atoms with Crippen LogP contribution in [0.5, 0.6) is 5.75 Å². The van der Waals surface area contributed by atoms with Gasteiger partial charge in [-0.15, -0.1) is 5.10 Å². The first kappa shape index (κ1) is 16.3. The van der Waals surface area contributed by atoms with Crippen molar-refractivity contribution in [3.63, 3.8) is 0 Å². The van der Waals surface area contributed by atoms with E-state index in [0.29, 0.717) is 24.1 Å². The summed E-state index contributed by atoms with van der Waals surface area (Å²) in [5.74, 6) is 0.914. The van der Waals surface area contributed by atoms with Gasteiger partial charge < -0.3 is 15.2 Å². The minimum absolute atomic E-state index is 0.261. The number of hydrogen-bond donors (Lipinski definition) is 4. The zero-order chi connectivity index (χ0) is 16.7. The minimum atomic E-state index is -0.997. The van der Waals surface area contributed by atoms with Crippen LogP contribution in [0.1, 0.15) is 11.4 Å². The Kier molecular flexibility index (Phi) is 5.50. The summed E-state index contributed by atoms with van der Waals surface area (Å²) in [6.07, 6.45) is 0. The first-order valence-corrected chi connectivity index (χ1v) is 6.86. The van der Waals surface area contributed by atoms with Crippen molar-refractivity contribution in [2.75, 3.05) is 19.0 Å². The number of aromatic amines is 1. The van der Waals surface area contributed by atoms with E-state index in [2.05, 4.69) is 30.8 Å². The Morgan fingerprint density at radius 2 is 2.22 bits per heavy atom. The van der Waals surface area contributed by atoms with Crippen LogP contribution in [0, 0.1) is 6.92 Å². The molecule has 2 rings (SSSR count). The number of guanidine groups is 1. The Bertz CT molecular complexity index is 697. The van der Waals surface area contributed by atoms with E-state index in [-0.39, 0.29) is 12.5 Å². The molecule has 0 fully saturated rings. The second-order valence-electron chi connectivity index (χ2n) is 4.59. The van der Waals surface area contributed by atoms with Crippen molar-refractivity contribution < 1.29 is 14.6 Å². The second kappa shape index (κ2) is 7.78. The quantitative estimate of drug-likeness (QED) is 0.458. The summed E-state index contributed by atoms with van der Waals surface area (Å²) in [5.41, 5.74) is 0.873. The van der Waals surface area contributed by atoms with Gasteiger partial charge in [0.15, 0.2) is 5.96 Å². The standard InChI is InChI=1S/C14H18N6O3/c1-9-17-14(20-19-9)18-13(16-8-12(21)22)15-7-10-5-3-4-6-11(10)23-2/h3-6H,7-8H2,1-2H3,(H,21,22)(H3,15,16,17,18,19,20). The van der Waals surface area contributed by atoms with Gasteiger partial charge in [0, 0.05) is 5.56 Å². The molecule has 0 atom stereocenters. The van der Waals surface area contributed by atoms with Gasteiger partial charge in [0.1, 0.15) is 18.1 Å². The van der Waals surface area contributed by atoms with Crippen LogP contribution in [0.2, 0.25) is 0 Å². The number of nitrogens with zero attached hydrogens (tertiary/aromatic N) is 3. The molecule has 0 radical (unpaired) electrons. The van der Waals surface area contributed by atoms with Gasteiger partial charge in [0.25, 0.3) is 0 Å². The summed E-state index contributed by atoms with van der Waals surface area (Å²) in [5, 5.41) is 21.0. The highest BCUT2D eigenvalue weighted by atomic mass is 16.5. The van der Waals surface area contributed by atoms with Crippen LogP contribution >= 0.6 is 0 Å². The number of para-hydroxylation sites is 1. The van der Waals surface area contributed by atoms with E-state index < -0.39 is 5.97 Å². The van der Waals surface area contributed by atoms with E-state index in [1.807, 2.05) is 24.3 Å². The molecule has 4 N–H and O–H groups in total. The molecule has 1 heterocycles. The summed E-state index contributed by atoms with van der Waals surface area (Å²) >= 11 is 0. The maximum Gasteiger partial charge on any atom is 0.322 e. The number of aromatic nitrogens is 3. The number of aliphatic imine (C=N–C) groups is 1. The Morgan fingerprint density at radius 3 is 2.87 bits per heavy atom. The van der Waals surface area contributed by atoms with Crippen molar-refractivity contribution in [1.82, 2.24) is 20.5 Å². The lowest BCUT2D eigenvalue weighted by Crippen LogP contribution is -2.35. The van der Waals surface area contributed by atoms with Gasteiger partial charge in [0.2, 0.25) is 5.95 Å². The molecular weight excluding hydrogens is 300 g/mol. The number of carboxylic acids is 1. The number of carbonyl (C=O) groups is 1. The predicted octanol–water partition coefficient (Wildman–Crippen LogP) is 0.764. The second-order valence-corrected chi connectivity index (χ2v) is 4.59. The molecule has 0 bridgehead atoms. The number of anilines is 1. The van der Waals surface area contributed by atoms with Crippen molar-refractivity contribution in [2.24, 2.45) is 4.99 Å². The third-order valence-electron chi connectivity index (χ3n) is 2.83. The molecule has 0 spiro atoms. The minimum Gasteiger partial charge on any atom is -0.496 e. The number of benzene rings is 1. The summed E-state index contributed by atoms with van der Waals surface area (Å²) < 4.78 is 5.26. The highest BCUT2D eigenvalue weighted by Gasteiger charge is 2.07.